The summed E-state index contributed by atoms with van der Waals surface area (Å²) < 4.78 is 19.1. The standard InChI is InChI=1S/C11H11ClIN3O.C7H4ClIN2.C7H5ClN2.CH3F/c12-8-5-4-7-10(13)15-16(11(7)14-8)9-3-1-2-6-17-9;8-6-2-1-4-5(11-6)3-10-7(4)9;8-7-2-1-5-3-9-4-6(5)10-7;1-2/h4-5,9H,1-3,6H2;1-2H,3H2;1-3H,4H2;1H3. The molecule has 7 rings (SSSR count). The number of ether oxygens (including phenoxy) is 1. The highest BCUT2D eigenvalue weighted by molar-refractivity contribution is 14.1. The van der Waals surface area contributed by atoms with Crippen molar-refractivity contribution in [3.63, 3.8) is 0 Å². The maximum atomic E-state index is 9.50. The maximum Gasteiger partial charge on any atom is 0.163 e. The van der Waals surface area contributed by atoms with Crippen molar-refractivity contribution in [1.29, 1.82) is 0 Å². The van der Waals surface area contributed by atoms with Gasteiger partial charge in [0.2, 0.25) is 0 Å². The van der Waals surface area contributed by atoms with Crippen LogP contribution in [0.5, 0.6) is 0 Å². The quantitative estimate of drug-likeness (QED) is 0.143. The number of fused-ring (bicyclic) bond motifs is 3. The minimum Gasteiger partial charge on any atom is -0.356 e. The van der Waals surface area contributed by atoms with Gasteiger partial charge in [-0.2, -0.15) is 5.10 Å². The summed E-state index contributed by atoms with van der Waals surface area (Å²) in [6.45, 7) is 2.15. The van der Waals surface area contributed by atoms with Gasteiger partial charge in [-0.3, -0.25) is 14.4 Å². The zero-order valence-electron chi connectivity index (χ0n) is 21.2. The zero-order chi connectivity index (χ0) is 28.6. The number of nitrogens with zero attached hydrogens (tertiary/aromatic N) is 7. The molecular weight excluding hydrogens is 805 g/mol. The second-order valence-electron chi connectivity index (χ2n) is 8.44. The third-order valence-corrected chi connectivity index (χ3v) is 8.23. The molecule has 14 heteroatoms. The normalized spacial score (nSPS) is 16.5. The van der Waals surface area contributed by atoms with Gasteiger partial charge >= 0.3 is 0 Å². The molecule has 0 saturated carbocycles. The first kappa shape index (κ1) is 31.4. The monoisotopic (exact) mass is 827 g/mol. The fraction of sp³-hybridized carbons (Fsp3) is 0.308. The van der Waals surface area contributed by atoms with Gasteiger partial charge in [0.25, 0.3) is 0 Å². The topological polar surface area (TPSA) is 90.4 Å². The van der Waals surface area contributed by atoms with E-state index in [1.165, 1.54) is 6.42 Å². The molecule has 1 saturated heterocycles. The van der Waals surface area contributed by atoms with Crippen LogP contribution in [0.1, 0.15) is 48.0 Å². The Bertz CT molecular complexity index is 1540. The Morgan fingerprint density at radius 3 is 2.33 bits per heavy atom. The molecule has 0 aromatic carbocycles. The van der Waals surface area contributed by atoms with Gasteiger partial charge in [0, 0.05) is 23.9 Å². The highest BCUT2D eigenvalue weighted by Gasteiger charge is 2.21. The summed E-state index contributed by atoms with van der Waals surface area (Å²) in [5.41, 5.74) is 4.99. The fourth-order valence-electron chi connectivity index (χ4n) is 4.05. The lowest BCUT2D eigenvalue weighted by molar-refractivity contribution is -0.0372. The summed E-state index contributed by atoms with van der Waals surface area (Å²) in [5, 5.41) is 7.13. The van der Waals surface area contributed by atoms with E-state index in [2.05, 4.69) is 75.2 Å². The van der Waals surface area contributed by atoms with Crippen LogP contribution in [0.3, 0.4) is 0 Å². The molecular formula is C26H23Cl3FI2N7O. The Labute approximate surface area is 273 Å². The van der Waals surface area contributed by atoms with Gasteiger partial charge in [0.15, 0.2) is 11.9 Å². The van der Waals surface area contributed by atoms with Gasteiger partial charge < -0.3 is 4.74 Å². The van der Waals surface area contributed by atoms with E-state index in [9.17, 15) is 4.39 Å². The van der Waals surface area contributed by atoms with Crippen LogP contribution in [-0.2, 0) is 17.8 Å². The smallest absolute Gasteiger partial charge is 0.163 e. The second kappa shape index (κ2) is 15.1. The Hall–Kier alpha value is -1.52. The minimum atomic E-state index is 0.000678. The van der Waals surface area contributed by atoms with E-state index in [4.69, 9.17) is 39.5 Å². The Morgan fingerprint density at radius 1 is 0.875 bits per heavy atom. The van der Waals surface area contributed by atoms with Crippen LogP contribution >= 0.6 is 80.0 Å². The predicted octanol–water partition coefficient (Wildman–Crippen LogP) is 8.07. The molecule has 0 N–H and O–H groups in total. The van der Waals surface area contributed by atoms with Gasteiger partial charge in [0.1, 0.15) is 22.9 Å². The van der Waals surface area contributed by atoms with Crippen LogP contribution in [0.25, 0.3) is 11.0 Å². The average Bonchev–Trinajstić information content (AvgIpc) is 3.68. The number of hydrogen-bond donors (Lipinski definition) is 0. The number of rotatable bonds is 1. The summed E-state index contributed by atoms with van der Waals surface area (Å²) in [5.74, 6) is 0. The molecule has 0 bridgehead atoms. The van der Waals surface area contributed by atoms with Crippen molar-refractivity contribution in [2.24, 2.45) is 9.98 Å². The summed E-state index contributed by atoms with van der Waals surface area (Å²) in [6.07, 6.45) is 5.10. The summed E-state index contributed by atoms with van der Waals surface area (Å²) in [7, 11) is 0.500. The first-order valence-electron chi connectivity index (χ1n) is 12.1. The van der Waals surface area contributed by atoms with Crippen molar-refractivity contribution in [3.8, 4) is 0 Å². The van der Waals surface area contributed by atoms with Crippen molar-refractivity contribution in [1.82, 2.24) is 24.7 Å². The number of alkyl halides is 1. The molecule has 210 valence electrons. The Morgan fingerprint density at radius 2 is 1.57 bits per heavy atom. The van der Waals surface area contributed by atoms with Crippen molar-refractivity contribution >= 4 is 101 Å². The van der Waals surface area contributed by atoms with Crippen molar-refractivity contribution in [2.45, 2.75) is 38.6 Å². The molecule has 4 aromatic heterocycles. The lowest BCUT2D eigenvalue weighted by Crippen LogP contribution is -2.19. The van der Waals surface area contributed by atoms with E-state index < -0.39 is 0 Å². The van der Waals surface area contributed by atoms with Crippen molar-refractivity contribution < 1.29 is 9.13 Å². The minimum absolute atomic E-state index is 0.000678. The van der Waals surface area contributed by atoms with Crippen LogP contribution in [0, 0.1) is 3.70 Å². The van der Waals surface area contributed by atoms with Crippen molar-refractivity contribution in [3.05, 3.63) is 78.1 Å². The highest BCUT2D eigenvalue weighted by atomic mass is 127. The van der Waals surface area contributed by atoms with Crippen LogP contribution in [-0.4, -0.2) is 48.4 Å². The molecule has 0 amide bonds. The predicted molar refractivity (Wildman–Crippen MR) is 175 cm³/mol. The zero-order valence-corrected chi connectivity index (χ0v) is 27.8. The first-order chi connectivity index (χ1) is 19.4. The lowest BCUT2D eigenvalue weighted by Gasteiger charge is -2.22. The van der Waals surface area contributed by atoms with Gasteiger partial charge in [-0.15, -0.1) is 0 Å². The highest BCUT2D eigenvalue weighted by Crippen LogP contribution is 2.28. The molecule has 8 nitrogen and oxygen atoms in total. The van der Waals surface area contributed by atoms with Gasteiger partial charge in [-0.05, 0) is 101 Å². The molecule has 40 heavy (non-hydrogen) atoms. The third-order valence-electron chi connectivity index (χ3n) is 5.88. The second-order valence-corrected chi connectivity index (χ2v) is 11.6. The average molecular weight is 829 g/mol. The Balaban J connectivity index is 0.000000140. The summed E-state index contributed by atoms with van der Waals surface area (Å²) in [6, 6.07) is 11.2. The van der Waals surface area contributed by atoms with Crippen LogP contribution in [0.15, 0.2) is 46.4 Å². The molecule has 1 unspecified atom stereocenters. The number of aromatic nitrogens is 5. The summed E-state index contributed by atoms with van der Waals surface area (Å²) in [4.78, 5) is 20.9. The SMILES string of the molecule is CF.Clc1ccc2c(I)nn(C3CCCCO3)c2n1.Clc1ccc2c(n1)CN=C2.Clc1ccc2c(n1)CN=C2I. The van der Waals surface area contributed by atoms with Crippen LogP contribution < -0.4 is 0 Å². The van der Waals surface area contributed by atoms with Gasteiger partial charge in [-0.25, -0.2) is 19.6 Å². The largest absolute Gasteiger partial charge is 0.356 e. The lowest BCUT2D eigenvalue weighted by atomic mass is 10.2. The van der Waals surface area contributed by atoms with Crippen LogP contribution in [0.2, 0.25) is 15.5 Å². The van der Waals surface area contributed by atoms with E-state index in [0.29, 0.717) is 35.7 Å². The van der Waals surface area contributed by atoms with Gasteiger partial charge in [-0.1, -0.05) is 34.8 Å². The molecule has 4 aromatic rings. The molecule has 3 aliphatic rings. The van der Waals surface area contributed by atoms with Gasteiger partial charge in [0.05, 0.1) is 37.0 Å². The van der Waals surface area contributed by atoms with Crippen LogP contribution in [0.4, 0.5) is 4.39 Å². The van der Waals surface area contributed by atoms with E-state index >= 15 is 0 Å². The van der Waals surface area contributed by atoms with Crippen molar-refractivity contribution in [2.75, 3.05) is 13.8 Å². The van der Waals surface area contributed by atoms with E-state index in [1.807, 2.05) is 29.1 Å². The molecule has 0 radical (unpaired) electrons. The number of halogens is 6. The molecule has 0 spiro atoms. The van der Waals surface area contributed by atoms with E-state index in [0.717, 1.165) is 60.4 Å². The summed E-state index contributed by atoms with van der Waals surface area (Å²) >= 11 is 21.7. The number of hydrogen-bond acceptors (Lipinski definition) is 7. The van der Waals surface area contributed by atoms with E-state index in [-0.39, 0.29) is 6.23 Å². The molecule has 0 aliphatic carbocycles. The molecule has 7 heterocycles. The number of aliphatic imine (C=N–C) groups is 2. The van der Waals surface area contributed by atoms with E-state index in [1.54, 1.807) is 18.2 Å². The Kier molecular flexibility index (Phi) is 11.9. The first-order valence-corrected chi connectivity index (χ1v) is 15.4. The maximum absolute atomic E-state index is 9.50. The number of pyridine rings is 3. The third kappa shape index (κ3) is 7.85. The molecule has 1 fully saturated rings. The fourth-order valence-corrected chi connectivity index (χ4v) is 5.84. The molecule has 3 aliphatic heterocycles. The molecule has 1 atom stereocenters.